The monoisotopic (exact) mass is 368 g/mol. The quantitative estimate of drug-likeness (QED) is 0.847. The van der Waals surface area contributed by atoms with Crippen molar-refractivity contribution < 1.29 is 13.2 Å². The normalized spacial score (nSPS) is 17.5. The van der Waals surface area contributed by atoms with Gasteiger partial charge in [0.15, 0.2) is 0 Å². The van der Waals surface area contributed by atoms with E-state index >= 15 is 0 Å². The molecule has 2 nitrogen and oxygen atoms in total. The summed E-state index contributed by atoms with van der Waals surface area (Å²) in [6.45, 7) is 5.11. The highest BCUT2D eigenvalue weighted by molar-refractivity contribution is 6.31. The lowest BCUT2D eigenvalue weighted by molar-refractivity contribution is -0.137. The second kappa shape index (κ2) is 7.36. The highest BCUT2D eigenvalue weighted by Crippen LogP contribution is 2.38. The lowest BCUT2D eigenvalue weighted by atomic mass is 9.94. The van der Waals surface area contributed by atoms with Crippen molar-refractivity contribution in [2.45, 2.75) is 19.1 Å². The lowest BCUT2D eigenvalue weighted by Gasteiger charge is -2.36. The zero-order valence-corrected chi connectivity index (χ0v) is 14.7. The van der Waals surface area contributed by atoms with E-state index in [0.29, 0.717) is 10.6 Å². The number of piperazine rings is 1. The van der Waals surface area contributed by atoms with Crippen molar-refractivity contribution in [3.63, 3.8) is 0 Å². The van der Waals surface area contributed by atoms with Crippen molar-refractivity contribution in [2.75, 3.05) is 26.2 Å². The van der Waals surface area contributed by atoms with Gasteiger partial charge >= 0.3 is 6.18 Å². The van der Waals surface area contributed by atoms with Gasteiger partial charge in [0, 0.05) is 31.2 Å². The van der Waals surface area contributed by atoms with E-state index in [1.807, 2.05) is 31.2 Å². The number of halogens is 4. The van der Waals surface area contributed by atoms with Gasteiger partial charge in [-0.1, -0.05) is 41.4 Å². The molecule has 0 spiro atoms. The van der Waals surface area contributed by atoms with E-state index in [4.69, 9.17) is 11.6 Å². The molecule has 1 aliphatic rings. The summed E-state index contributed by atoms with van der Waals surface area (Å²) in [5.41, 5.74) is 1.90. The SMILES string of the molecule is Cc1ccc(C(c2cc(C(F)(F)F)ccc2Cl)N2CCNCC2)cc1. The number of nitrogens with one attached hydrogen (secondary N) is 1. The Morgan fingerprint density at radius 2 is 1.68 bits per heavy atom. The van der Waals surface area contributed by atoms with Gasteiger partial charge in [-0.15, -0.1) is 0 Å². The van der Waals surface area contributed by atoms with E-state index < -0.39 is 11.7 Å². The molecule has 0 saturated carbocycles. The number of benzene rings is 2. The minimum Gasteiger partial charge on any atom is -0.314 e. The van der Waals surface area contributed by atoms with Gasteiger partial charge in [-0.25, -0.2) is 0 Å². The van der Waals surface area contributed by atoms with Gasteiger partial charge in [-0.05, 0) is 36.2 Å². The maximum atomic E-state index is 13.2. The summed E-state index contributed by atoms with van der Waals surface area (Å²) in [4.78, 5) is 2.18. The van der Waals surface area contributed by atoms with Gasteiger partial charge < -0.3 is 5.32 Å². The maximum Gasteiger partial charge on any atom is 0.416 e. The van der Waals surface area contributed by atoms with Crippen LogP contribution in [0.5, 0.6) is 0 Å². The van der Waals surface area contributed by atoms with Gasteiger partial charge in [0.05, 0.1) is 11.6 Å². The minimum absolute atomic E-state index is 0.294. The zero-order valence-electron chi connectivity index (χ0n) is 13.9. The van der Waals surface area contributed by atoms with E-state index in [1.54, 1.807) is 0 Å². The van der Waals surface area contributed by atoms with Crippen LogP contribution in [-0.4, -0.2) is 31.1 Å². The van der Waals surface area contributed by atoms with Crippen LogP contribution in [0.3, 0.4) is 0 Å². The topological polar surface area (TPSA) is 15.3 Å². The third-order valence-corrected chi connectivity index (χ3v) is 4.87. The molecule has 1 unspecified atom stereocenters. The van der Waals surface area contributed by atoms with Crippen molar-refractivity contribution in [3.05, 3.63) is 69.7 Å². The summed E-state index contributed by atoms with van der Waals surface area (Å²) in [7, 11) is 0. The smallest absolute Gasteiger partial charge is 0.314 e. The van der Waals surface area contributed by atoms with Gasteiger partial charge in [0.25, 0.3) is 0 Å². The molecule has 1 atom stereocenters. The van der Waals surface area contributed by atoms with Crippen LogP contribution in [0.15, 0.2) is 42.5 Å². The number of aryl methyl sites for hydroxylation is 1. The molecule has 0 bridgehead atoms. The number of hydrogen-bond acceptors (Lipinski definition) is 2. The molecule has 2 aromatic carbocycles. The largest absolute Gasteiger partial charge is 0.416 e. The van der Waals surface area contributed by atoms with Crippen LogP contribution in [0.4, 0.5) is 13.2 Å². The third-order valence-electron chi connectivity index (χ3n) is 4.53. The molecule has 1 aliphatic heterocycles. The summed E-state index contributed by atoms with van der Waals surface area (Å²) in [6.07, 6.45) is -4.39. The second-order valence-corrected chi connectivity index (χ2v) is 6.74. The molecule has 25 heavy (non-hydrogen) atoms. The number of hydrogen-bond donors (Lipinski definition) is 1. The first-order valence-electron chi connectivity index (χ1n) is 8.24. The summed E-state index contributed by atoms with van der Waals surface area (Å²) < 4.78 is 39.6. The minimum atomic E-state index is -4.39. The van der Waals surface area contributed by atoms with Crippen LogP contribution in [0, 0.1) is 6.92 Å². The van der Waals surface area contributed by atoms with E-state index in [2.05, 4.69) is 10.2 Å². The molecule has 0 radical (unpaired) electrons. The molecule has 1 N–H and O–H groups in total. The fourth-order valence-electron chi connectivity index (χ4n) is 3.21. The highest BCUT2D eigenvalue weighted by Gasteiger charge is 2.33. The molecule has 6 heteroatoms. The van der Waals surface area contributed by atoms with Gasteiger partial charge in [-0.3, -0.25) is 4.90 Å². The van der Waals surface area contributed by atoms with Crippen molar-refractivity contribution >= 4 is 11.6 Å². The molecule has 1 fully saturated rings. The van der Waals surface area contributed by atoms with Crippen molar-refractivity contribution in [1.29, 1.82) is 0 Å². The van der Waals surface area contributed by atoms with Crippen LogP contribution in [0.1, 0.15) is 28.3 Å². The molecular formula is C19H20ClF3N2. The Bertz CT molecular complexity index is 722. The molecule has 2 aromatic rings. The highest BCUT2D eigenvalue weighted by atomic mass is 35.5. The van der Waals surface area contributed by atoms with Crippen LogP contribution in [0.2, 0.25) is 5.02 Å². The molecule has 3 rings (SSSR count). The first kappa shape index (κ1) is 18.2. The number of rotatable bonds is 3. The Labute approximate surface area is 150 Å². The Kier molecular flexibility index (Phi) is 5.37. The predicted molar refractivity (Wildman–Crippen MR) is 93.9 cm³/mol. The van der Waals surface area contributed by atoms with E-state index in [-0.39, 0.29) is 6.04 Å². The molecular weight excluding hydrogens is 349 g/mol. The third kappa shape index (κ3) is 4.17. The van der Waals surface area contributed by atoms with Crippen molar-refractivity contribution in [2.24, 2.45) is 0 Å². The molecule has 1 saturated heterocycles. The molecule has 1 heterocycles. The fourth-order valence-corrected chi connectivity index (χ4v) is 3.43. The van der Waals surface area contributed by atoms with Crippen LogP contribution in [-0.2, 0) is 6.18 Å². The Balaban J connectivity index is 2.09. The average Bonchev–Trinajstić information content (AvgIpc) is 2.58. The summed E-state index contributed by atoms with van der Waals surface area (Å²) >= 11 is 6.33. The molecule has 0 aromatic heterocycles. The Morgan fingerprint density at radius 3 is 2.28 bits per heavy atom. The number of alkyl halides is 3. The van der Waals surface area contributed by atoms with Gasteiger partial charge in [0.2, 0.25) is 0 Å². The van der Waals surface area contributed by atoms with Crippen LogP contribution < -0.4 is 5.32 Å². The van der Waals surface area contributed by atoms with Crippen LogP contribution >= 0.6 is 11.6 Å². The fraction of sp³-hybridized carbons (Fsp3) is 0.368. The molecule has 0 aliphatic carbocycles. The second-order valence-electron chi connectivity index (χ2n) is 6.33. The van der Waals surface area contributed by atoms with Gasteiger partial charge in [0.1, 0.15) is 0 Å². The molecule has 0 amide bonds. The Hall–Kier alpha value is -1.56. The van der Waals surface area contributed by atoms with Crippen LogP contribution in [0.25, 0.3) is 0 Å². The van der Waals surface area contributed by atoms with E-state index in [9.17, 15) is 13.2 Å². The van der Waals surface area contributed by atoms with E-state index in [1.165, 1.54) is 12.1 Å². The summed E-state index contributed by atoms with van der Waals surface area (Å²) in [5, 5.41) is 3.64. The molecule has 134 valence electrons. The van der Waals surface area contributed by atoms with E-state index in [0.717, 1.165) is 43.4 Å². The summed E-state index contributed by atoms with van der Waals surface area (Å²) in [5.74, 6) is 0. The lowest BCUT2D eigenvalue weighted by Crippen LogP contribution is -2.45. The van der Waals surface area contributed by atoms with Gasteiger partial charge in [-0.2, -0.15) is 13.2 Å². The number of nitrogens with zero attached hydrogens (tertiary/aromatic N) is 1. The first-order valence-corrected chi connectivity index (χ1v) is 8.62. The van der Waals surface area contributed by atoms with Crippen molar-refractivity contribution in [1.82, 2.24) is 10.2 Å². The Morgan fingerprint density at radius 1 is 1.04 bits per heavy atom. The predicted octanol–water partition coefficient (Wildman–Crippen LogP) is 4.66. The summed E-state index contributed by atoms with van der Waals surface area (Å²) in [6, 6.07) is 11.2. The zero-order chi connectivity index (χ0) is 18.0. The van der Waals surface area contributed by atoms with Crippen molar-refractivity contribution in [3.8, 4) is 0 Å². The average molecular weight is 369 g/mol. The first-order chi connectivity index (χ1) is 11.9. The standard InChI is InChI=1S/C19H20ClF3N2/c1-13-2-4-14(5-3-13)18(25-10-8-24-9-11-25)16-12-15(19(21,22)23)6-7-17(16)20/h2-7,12,18,24H,8-11H2,1H3. The maximum absolute atomic E-state index is 13.2.